The van der Waals surface area contributed by atoms with Crippen LogP contribution in [-0.4, -0.2) is 5.71 Å². The summed E-state index contributed by atoms with van der Waals surface area (Å²) in [5.74, 6) is 5.41. The zero-order valence-corrected chi connectivity index (χ0v) is 8.59. The lowest BCUT2D eigenvalue weighted by molar-refractivity contribution is 0.775. The average Bonchev–Trinajstić information content (AvgIpc) is 2.38. The quantitative estimate of drug-likeness (QED) is 0.379. The molecular formula is C12H16N2. The third kappa shape index (κ3) is 1.65. The fourth-order valence-electron chi connectivity index (χ4n) is 2.09. The van der Waals surface area contributed by atoms with E-state index in [0.29, 0.717) is 0 Å². The Balaban J connectivity index is 2.50. The maximum Gasteiger partial charge on any atom is 0.0675 e. The van der Waals surface area contributed by atoms with Crippen molar-refractivity contribution in [3.8, 4) is 0 Å². The molecule has 0 aromatic heterocycles. The molecule has 0 saturated heterocycles. The van der Waals surface area contributed by atoms with E-state index < -0.39 is 0 Å². The van der Waals surface area contributed by atoms with Crippen molar-refractivity contribution in [1.82, 2.24) is 0 Å². The number of benzene rings is 1. The fourth-order valence-corrected chi connectivity index (χ4v) is 2.09. The van der Waals surface area contributed by atoms with E-state index in [-0.39, 0.29) is 0 Å². The van der Waals surface area contributed by atoms with E-state index in [1.165, 1.54) is 29.5 Å². The van der Waals surface area contributed by atoms with Gasteiger partial charge in [0, 0.05) is 5.56 Å². The highest BCUT2D eigenvalue weighted by Crippen LogP contribution is 2.21. The molecule has 0 radical (unpaired) electrons. The first-order chi connectivity index (χ1) is 6.81. The molecule has 0 bridgehead atoms. The molecule has 0 atom stereocenters. The van der Waals surface area contributed by atoms with Gasteiger partial charge in [0.05, 0.1) is 5.71 Å². The Morgan fingerprint density at radius 3 is 2.79 bits per heavy atom. The van der Waals surface area contributed by atoms with Gasteiger partial charge in [-0.1, -0.05) is 23.8 Å². The Kier molecular flexibility index (Phi) is 2.53. The number of nitrogens with zero attached hydrogens (tertiary/aromatic N) is 1. The molecule has 1 aromatic rings. The molecule has 1 aliphatic rings. The molecule has 1 aliphatic carbocycles. The standard InChI is InChI=1S/C12H16N2/c1-9-6-7-11-10(8-9)4-2-3-5-12(11)14-13/h6-8H,2-5,13H2,1H3/b14-12+. The van der Waals surface area contributed by atoms with E-state index in [1.807, 2.05) is 0 Å². The van der Waals surface area contributed by atoms with Crippen LogP contribution in [0.1, 0.15) is 36.0 Å². The van der Waals surface area contributed by atoms with Crippen LogP contribution in [0.2, 0.25) is 0 Å². The first-order valence-corrected chi connectivity index (χ1v) is 5.18. The van der Waals surface area contributed by atoms with Crippen molar-refractivity contribution in [3.05, 3.63) is 34.9 Å². The molecular weight excluding hydrogens is 172 g/mol. The summed E-state index contributed by atoms with van der Waals surface area (Å²) >= 11 is 0. The zero-order valence-electron chi connectivity index (χ0n) is 8.59. The maximum atomic E-state index is 5.41. The summed E-state index contributed by atoms with van der Waals surface area (Å²) in [6.07, 6.45) is 4.63. The molecule has 0 amide bonds. The van der Waals surface area contributed by atoms with E-state index in [0.717, 1.165) is 18.6 Å². The molecule has 74 valence electrons. The molecule has 0 saturated carbocycles. The van der Waals surface area contributed by atoms with Gasteiger partial charge in [-0.15, -0.1) is 0 Å². The van der Waals surface area contributed by atoms with E-state index in [1.54, 1.807) is 0 Å². The van der Waals surface area contributed by atoms with Gasteiger partial charge in [-0.25, -0.2) is 0 Å². The Bertz CT molecular complexity index is 367. The Labute approximate surface area is 84.8 Å². The Morgan fingerprint density at radius 1 is 1.21 bits per heavy atom. The zero-order chi connectivity index (χ0) is 9.97. The Hall–Kier alpha value is -1.31. The van der Waals surface area contributed by atoms with E-state index in [2.05, 4.69) is 30.2 Å². The summed E-state index contributed by atoms with van der Waals surface area (Å²) in [7, 11) is 0. The lowest BCUT2D eigenvalue weighted by Crippen LogP contribution is -2.05. The monoisotopic (exact) mass is 188 g/mol. The van der Waals surface area contributed by atoms with Crippen molar-refractivity contribution in [2.24, 2.45) is 10.9 Å². The smallest absolute Gasteiger partial charge is 0.0675 e. The van der Waals surface area contributed by atoms with Crippen LogP contribution < -0.4 is 5.84 Å². The third-order valence-corrected chi connectivity index (χ3v) is 2.84. The van der Waals surface area contributed by atoms with Crippen LogP contribution in [0.4, 0.5) is 0 Å². The van der Waals surface area contributed by atoms with E-state index >= 15 is 0 Å². The first-order valence-electron chi connectivity index (χ1n) is 5.18. The lowest BCUT2D eigenvalue weighted by atomic mass is 9.99. The molecule has 0 spiro atoms. The van der Waals surface area contributed by atoms with Crippen molar-refractivity contribution in [3.63, 3.8) is 0 Å². The van der Waals surface area contributed by atoms with Crippen molar-refractivity contribution in [2.75, 3.05) is 0 Å². The van der Waals surface area contributed by atoms with Crippen molar-refractivity contribution in [2.45, 2.75) is 32.6 Å². The largest absolute Gasteiger partial charge is 0.323 e. The van der Waals surface area contributed by atoms with Gasteiger partial charge >= 0.3 is 0 Å². The number of aryl methyl sites for hydroxylation is 2. The van der Waals surface area contributed by atoms with Crippen molar-refractivity contribution < 1.29 is 0 Å². The number of fused-ring (bicyclic) bond motifs is 1. The van der Waals surface area contributed by atoms with Gasteiger partial charge in [0.1, 0.15) is 0 Å². The van der Waals surface area contributed by atoms with E-state index in [4.69, 9.17) is 5.84 Å². The van der Waals surface area contributed by atoms with Gasteiger partial charge in [0.15, 0.2) is 0 Å². The number of hydrazone groups is 1. The first kappa shape index (κ1) is 9.25. The Morgan fingerprint density at radius 2 is 2.00 bits per heavy atom. The molecule has 1 aromatic carbocycles. The van der Waals surface area contributed by atoms with E-state index in [9.17, 15) is 0 Å². The molecule has 2 nitrogen and oxygen atoms in total. The number of nitrogens with two attached hydrogens (primary N) is 1. The molecule has 0 heterocycles. The molecule has 14 heavy (non-hydrogen) atoms. The van der Waals surface area contributed by atoms with Gasteiger partial charge in [-0.2, -0.15) is 5.10 Å². The second kappa shape index (κ2) is 3.82. The van der Waals surface area contributed by atoms with Gasteiger partial charge in [0.25, 0.3) is 0 Å². The highest BCUT2D eigenvalue weighted by atomic mass is 15.1. The fraction of sp³-hybridized carbons (Fsp3) is 0.417. The van der Waals surface area contributed by atoms with Crippen LogP contribution in [0, 0.1) is 6.92 Å². The summed E-state index contributed by atoms with van der Waals surface area (Å²) in [5.41, 5.74) is 5.06. The van der Waals surface area contributed by atoms with Crippen molar-refractivity contribution >= 4 is 5.71 Å². The summed E-state index contributed by atoms with van der Waals surface area (Å²) < 4.78 is 0. The van der Waals surface area contributed by atoms with Gasteiger partial charge in [-0.3, -0.25) is 0 Å². The van der Waals surface area contributed by atoms with Crippen LogP contribution in [0.15, 0.2) is 23.3 Å². The summed E-state index contributed by atoms with van der Waals surface area (Å²) in [4.78, 5) is 0. The summed E-state index contributed by atoms with van der Waals surface area (Å²) in [5, 5.41) is 3.90. The number of rotatable bonds is 0. The minimum Gasteiger partial charge on any atom is -0.323 e. The second-order valence-corrected chi connectivity index (χ2v) is 3.94. The lowest BCUT2D eigenvalue weighted by Gasteiger charge is -2.07. The van der Waals surface area contributed by atoms with Crippen molar-refractivity contribution in [1.29, 1.82) is 0 Å². The number of hydrogen-bond acceptors (Lipinski definition) is 2. The van der Waals surface area contributed by atoms with Gasteiger partial charge in [0.2, 0.25) is 0 Å². The van der Waals surface area contributed by atoms with Crippen LogP contribution in [-0.2, 0) is 6.42 Å². The predicted octanol–water partition coefficient (Wildman–Crippen LogP) is 2.38. The average molecular weight is 188 g/mol. The minimum absolute atomic E-state index is 1.02. The maximum absolute atomic E-state index is 5.41. The highest BCUT2D eigenvalue weighted by Gasteiger charge is 2.13. The van der Waals surface area contributed by atoms with Crippen LogP contribution in [0.3, 0.4) is 0 Å². The SMILES string of the molecule is Cc1ccc2c(c1)CCCC/C2=N\N. The molecule has 0 fully saturated rings. The molecule has 2 rings (SSSR count). The normalized spacial score (nSPS) is 19.1. The molecule has 0 aliphatic heterocycles. The topological polar surface area (TPSA) is 38.4 Å². The summed E-state index contributed by atoms with van der Waals surface area (Å²) in [6, 6.07) is 6.54. The van der Waals surface area contributed by atoms with Crippen LogP contribution in [0.25, 0.3) is 0 Å². The second-order valence-electron chi connectivity index (χ2n) is 3.94. The summed E-state index contributed by atoms with van der Waals surface area (Å²) in [6.45, 7) is 2.13. The predicted molar refractivity (Wildman–Crippen MR) is 59.5 cm³/mol. The highest BCUT2D eigenvalue weighted by molar-refractivity contribution is 6.02. The van der Waals surface area contributed by atoms with Crippen LogP contribution in [0.5, 0.6) is 0 Å². The van der Waals surface area contributed by atoms with Crippen LogP contribution >= 0.6 is 0 Å². The molecule has 2 N–H and O–H groups in total. The van der Waals surface area contributed by atoms with Gasteiger partial charge in [-0.05, 0) is 38.2 Å². The minimum atomic E-state index is 1.02. The molecule has 2 heteroatoms. The number of hydrogen-bond donors (Lipinski definition) is 1. The van der Waals surface area contributed by atoms with Gasteiger partial charge < -0.3 is 5.84 Å². The molecule has 0 unspecified atom stereocenters. The third-order valence-electron chi connectivity index (χ3n) is 2.84.